The van der Waals surface area contributed by atoms with Gasteiger partial charge in [-0.25, -0.2) is 13.2 Å². The number of alkyl halides is 2. The van der Waals surface area contributed by atoms with Gasteiger partial charge >= 0.3 is 11.9 Å². The molecular formula is C11H20F2N2O4S. The lowest BCUT2D eigenvalue weighted by atomic mass is 10.1. The highest BCUT2D eigenvalue weighted by Crippen LogP contribution is 2.19. The monoisotopic (exact) mass is 314 g/mol. The predicted octanol–water partition coefficient (Wildman–Crippen LogP) is 1.53. The molecule has 0 bridgehead atoms. The van der Waals surface area contributed by atoms with E-state index >= 15 is 0 Å². The van der Waals surface area contributed by atoms with Crippen LogP contribution in [0.25, 0.3) is 0 Å². The molecule has 20 heavy (non-hydrogen) atoms. The Morgan fingerprint density at radius 2 is 2.00 bits per heavy atom. The highest BCUT2D eigenvalue weighted by molar-refractivity contribution is 7.89. The molecule has 1 atom stereocenters. The van der Waals surface area contributed by atoms with Crippen LogP contribution in [0.1, 0.15) is 33.6 Å². The van der Waals surface area contributed by atoms with Crippen molar-refractivity contribution in [3.05, 3.63) is 0 Å². The van der Waals surface area contributed by atoms with Crippen molar-refractivity contribution in [3.63, 3.8) is 0 Å². The summed E-state index contributed by atoms with van der Waals surface area (Å²) < 4.78 is 53.4. The maximum Gasteiger partial charge on any atom is 0.407 e. The van der Waals surface area contributed by atoms with Crippen molar-refractivity contribution in [3.8, 4) is 0 Å². The quantitative estimate of drug-likeness (QED) is 0.857. The van der Waals surface area contributed by atoms with Crippen LogP contribution in [-0.4, -0.2) is 49.3 Å². The van der Waals surface area contributed by atoms with Gasteiger partial charge in [0.25, 0.3) is 10.0 Å². The lowest BCUT2D eigenvalue weighted by Gasteiger charge is -2.32. The molecule has 1 aliphatic rings. The molecule has 1 heterocycles. The topological polar surface area (TPSA) is 75.7 Å². The van der Waals surface area contributed by atoms with Crippen LogP contribution in [0, 0.1) is 0 Å². The molecule has 6 nitrogen and oxygen atoms in total. The minimum absolute atomic E-state index is 0.0408. The second-order valence-electron chi connectivity index (χ2n) is 5.65. The smallest absolute Gasteiger partial charge is 0.407 e. The lowest BCUT2D eigenvalue weighted by molar-refractivity contribution is 0.0486. The van der Waals surface area contributed by atoms with Crippen molar-refractivity contribution in [2.24, 2.45) is 0 Å². The highest BCUT2D eigenvalue weighted by Gasteiger charge is 2.36. The Bertz CT molecular complexity index is 448. The predicted molar refractivity (Wildman–Crippen MR) is 68.9 cm³/mol. The summed E-state index contributed by atoms with van der Waals surface area (Å²) in [4.78, 5) is 11.6. The molecule has 118 valence electrons. The van der Waals surface area contributed by atoms with E-state index < -0.39 is 33.5 Å². The minimum atomic E-state index is -4.60. The summed E-state index contributed by atoms with van der Waals surface area (Å²) in [6, 6.07) is -0.521. The van der Waals surface area contributed by atoms with Crippen molar-refractivity contribution in [1.29, 1.82) is 0 Å². The molecular weight excluding hydrogens is 294 g/mol. The second kappa shape index (κ2) is 6.21. The van der Waals surface area contributed by atoms with Gasteiger partial charge in [0.05, 0.1) is 0 Å². The Labute approximate surface area is 117 Å². The zero-order valence-corrected chi connectivity index (χ0v) is 12.5. The van der Waals surface area contributed by atoms with Crippen LogP contribution in [0.15, 0.2) is 0 Å². The van der Waals surface area contributed by atoms with E-state index in [0.717, 1.165) is 0 Å². The number of ether oxygens (including phenoxy) is 1. The van der Waals surface area contributed by atoms with Gasteiger partial charge in [0.15, 0.2) is 0 Å². The number of nitrogens with zero attached hydrogens (tertiary/aromatic N) is 1. The highest BCUT2D eigenvalue weighted by atomic mass is 32.2. The number of sulfonamides is 1. The average molecular weight is 314 g/mol. The van der Waals surface area contributed by atoms with Crippen LogP contribution in [0.3, 0.4) is 0 Å². The Balaban J connectivity index is 2.60. The van der Waals surface area contributed by atoms with Crippen molar-refractivity contribution < 1.29 is 26.7 Å². The first-order valence-electron chi connectivity index (χ1n) is 6.29. The molecule has 0 saturated carbocycles. The number of halogens is 2. The molecule has 1 saturated heterocycles. The number of carbonyl (C=O) groups excluding carboxylic acids is 1. The maximum atomic E-state index is 12.5. The number of carbonyl (C=O) groups is 1. The van der Waals surface area contributed by atoms with E-state index in [1.165, 1.54) is 0 Å². The van der Waals surface area contributed by atoms with Crippen molar-refractivity contribution in [2.45, 2.75) is 51.0 Å². The Hall–Kier alpha value is -0.960. The van der Waals surface area contributed by atoms with Gasteiger partial charge in [-0.2, -0.15) is 13.1 Å². The first-order chi connectivity index (χ1) is 9.02. The van der Waals surface area contributed by atoms with Crippen LogP contribution in [0.4, 0.5) is 13.6 Å². The molecule has 0 aromatic rings. The number of rotatable bonds is 3. The van der Waals surface area contributed by atoms with Crippen molar-refractivity contribution in [1.82, 2.24) is 9.62 Å². The summed E-state index contributed by atoms with van der Waals surface area (Å²) in [6.45, 7) is 4.97. The van der Waals surface area contributed by atoms with Crippen molar-refractivity contribution in [2.75, 3.05) is 13.1 Å². The third-order valence-electron chi connectivity index (χ3n) is 2.69. The Morgan fingerprint density at radius 3 is 2.50 bits per heavy atom. The van der Waals surface area contributed by atoms with Gasteiger partial charge in [-0.3, -0.25) is 0 Å². The molecule has 1 amide bonds. The molecule has 0 aromatic carbocycles. The van der Waals surface area contributed by atoms with E-state index in [-0.39, 0.29) is 13.1 Å². The molecule has 1 aliphatic heterocycles. The maximum absolute atomic E-state index is 12.5. The van der Waals surface area contributed by atoms with Crippen LogP contribution in [0.2, 0.25) is 0 Å². The van der Waals surface area contributed by atoms with Gasteiger partial charge in [-0.05, 0) is 33.6 Å². The molecule has 0 radical (unpaired) electrons. The van der Waals surface area contributed by atoms with Gasteiger partial charge in [0, 0.05) is 19.1 Å². The molecule has 0 aromatic heterocycles. The SMILES string of the molecule is CC(C)(C)OC(=O)NC1CCCN(S(=O)(=O)C(F)F)C1. The largest absolute Gasteiger partial charge is 0.444 e. The summed E-state index contributed by atoms with van der Waals surface area (Å²) in [6.07, 6.45) is 0.250. The summed E-state index contributed by atoms with van der Waals surface area (Å²) >= 11 is 0. The normalized spacial score (nSPS) is 21.8. The van der Waals surface area contributed by atoms with E-state index in [1.54, 1.807) is 20.8 Å². The van der Waals surface area contributed by atoms with Crippen molar-refractivity contribution >= 4 is 16.1 Å². The molecule has 0 spiro atoms. The Morgan fingerprint density at radius 1 is 1.40 bits per heavy atom. The van der Waals surface area contributed by atoms with E-state index in [0.29, 0.717) is 17.1 Å². The summed E-state index contributed by atoms with van der Waals surface area (Å²) in [5.41, 5.74) is -0.673. The van der Waals surface area contributed by atoms with Crippen LogP contribution in [0.5, 0.6) is 0 Å². The van der Waals surface area contributed by atoms with Gasteiger partial charge in [0.2, 0.25) is 0 Å². The zero-order chi connectivity index (χ0) is 15.6. The molecule has 0 aliphatic carbocycles. The number of hydrogen-bond donors (Lipinski definition) is 1. The van der Waals surface area contributed by atoms with Gasteiger partial charge in [0.1, 0.15) is 5.60 Å². The van der Waals surface area contributed by atoms with E-state index in [2.05, 4.69) is 5.32 Å². The fourth-order valence-corrected chi connectivity index (χ4v) is 2.87. The van der Waals surface area contributed by atoms with E-state index in [9.17, 15) is 22.0 Å². The first-order valence-corrected chi connectivity index (χ1v) is 7.79. The van der Waals surface area contributed by atoms with Gasteiger partial charge in [-0.15, -0.1) is 0 Å². The summed E-state index contributed by atoms with van der Waals surface area (Å²) in [7, 11) is -4.60. The van der Waals surface area contributed by atoms with Gasteiger partial charge in [-0.1, -0.05) is 0 Å². The molecule has 1 unspecified atom stereocenters. The van der Waals surface area contributed by atoms with E-state index in [1.807, 2.05) is 0 Å². The van der Waals surface area contributed by atoms with Crippen LogP contribution < -0.4 is 5.32 Å². The fraction of sp³-hybridized carbons (Fsp3) is 0.909. The molecule has 1 rings (SSSR count). The number of amides is 1. The second-order valence-corrected chi connectivity index (χ2v) is 7.55. The summed E-state index contributed by atoms with van der Waals surface area (Å²) in [5.74, 6) is -3.44. The molecule has 9 heteroatoms. The fourth-order valence-electron chi connectivity index (χ4n) is 1.88. The van der Waals surface area contributed by atoms with Gasteiger partial charge < -0.3 is 10.1 Å². The summed E-state index contributed by atoms with van der Waals surface area (Å²) in [5, 5.41) is 2.50. The number of piperidine rings is 1. The van der Waals surface area contributed by atoms with E-state index in [4.69, 9.17) is 4.74 Å². The number of nitrogens with one attached hydrogen (secondary N) is 1. The Kier molecular flexibility index (Phi) is 5.31. The lowest BCUT2D eigenvalue weighted by Crippen LogP contribution is -2.51. The van der Waals surface area contributed by atoms with Crippen LogP contribution in [-0.2, 0) is 14.8 Å². The van der Waals surface area contributed by atoms with Crippen LogP contribution >= 0.6 is 0 Å². The number of alkyl carbamates (subject to hydrolysis) is 1. The average Bonchev–Trinajstić information content (AvgIpc) is 2.26. The third kappa shape index (κ3) is 4.86. The first kappa shape index (κ1) is 17.1. The molecule has 1 N–H and O–H groups in total. The number of hydrogen-bond acceptors (Lipinski definition) is 4. The third-order valence-corrected chi connectivity index (χ3v) is 4.19. The zero-order valence-electron chi connectivity index (χ0n) is 11.7. The standard InChI is InChI=1S/C11H20F2N2O4S/c1-11(2,3)19-10(16)14-8-5-4-6-15(7-8)20(17,18)9(12)13/h8-9H,4-7H2,1-3H3,(H,14,16). The minimum Gasteiger partial charge on any atom is -0.444 e. The molecule has 1 fully saturated rings.